The molecule has 0 radical (unpaired) electrons. The monoisotopic (exact) mass is 336 g/mol. The summed E-state index contributed by atoms with van der Waals surface area (Å²) in [4.78, 5) is 14.8. The normalized spacial score (nSPS) is 19.0. The molecule has 4 nitrogen and oxygen atoms in total. The number of hydrogen-bond acceptors (Lipinski definition) is 4. The van der Waals surface area contributed by atoms with Gasteiger partial charge in [0.15, 0.2) is 0 Å². The molecule has 2 heterocycles. The van der Waals surface area contributed by atoms with Crippen molar-refractivity contribution >= 4 is 11.7 Å². The summed E-state index contributed by atoms with van der Waals surface area (Å²) in [6.45, 7) is 5.73. The van der Waals surface area contributed by atoms with Crippen molar-refractivity contribution < 1.29 is 9.53 Å². The summed E-state index contributed by atoms with van der Waals surface area (Å²) in [5, 5.41) is 3.51. The number of nitrogens with zero attached hydrogens (tertiary/aromatic N) is 1. The molecule has 2 aromatic rings. The van der Waals surface area contributed by atoms with Gasteiger partial charge in [-0.2, -0.15) is 0 Å². The Balaban J connectivity index is 1.60. The number of fused-ring (bicyclic) bond motifs is 2. The van der Waals surface area contributed by atoms with Crippen LogP contribution in [0.3, 0.4) is 0 Å². The van der Waals surface area contributed by atoms with E-state index in [9.17, 15) is 4.79 Å². The van der Waals surface area contributed by atoms with Crippen LogP contribution in [0.4, 0.5) is 5.69 Å². The van der Waals surface area contributed by atoms with E-state index in [0.717, 1.165) is 31.6 Å². The minimum Gasteiger partial charge on any atom is -0.465 e. The zero-order valence-electron chi connectivity index (χ0n) is 14.6. The van der Waals surface area contributed by atoms with Gasteiger partial charge in [-0.25, -0.2) is 0 Å². The van der Waals surface area contributed by atoms with E-state index in [1.165, 1.54) is 22.4 Å². The lowest BCUT2D eigenvalue weighted by atomic mass is 9.89. The fraction of sp³-hybridized carbons (Fsp3) is 0.381. The summed E-state index contributed by atoms with van der Waals surface area (Å²) in [5.74, 6) is -0.314. The van der Waals surface area contributed by atoms with Crippen LogP contribution in [-0.2, 0) is 29.0 Å². The van der Waals surface area contributed by atoms with E-state index in [1.54, 1.807) is 0 Å². The van der Waals surface area contributed by atoms with E-state index < -0.39 is 0 Å². The number of benzene rings is 2. The molecule has 1 N–H and O–H groups in total. The van der Waals surface area contributed by atoms with Crippen LogP contribution in [0.15, 0.2) is 42.5 Å². The molecule has 2 aliphatic heterocycles. The molecule has 0 spiro atoms. The van der Waals surface area contributed by atoms with Crippen LogP contribution < -0.4 is 5.32 Å². The van der Waals surface area contributed by atoms with Crippen molar-refractivity contribution in [3.05, 3.63) is 64.7 Å². The second kappa shape index (κ2) is 6.89. The second-order valence-corrected chi connectivity index (χ2v) is 6.80. The Kier molecular flexibility index (Phi) is 4.45. The summed E-state index contributed by atoms with van der Waals surface area (Å²) in [5.41, 5.74) is 6.35. The summed E-state index contributed by atoms with van der Waals surface area (Å²) >= 11 is 0. The molecule has 0 aromatic heterocycles. The van der Waals surface area contributed by atoms with Crippen LogP contribution in [0.5, 0.6) is 0 Å². The molecule has 1 unspecified atom stereocenters. The molecule has 130 valence electrons. The molecule has 0 bridgehead atoms. The highest BCUT2D eigenvalue weighted by Crippen LogP contribution is 2.33. The maximum absolute atomic E-state index is 12.5. The summed E-state index contributed by atoms with van der Waals surface area (Å²) < 4.78 is 5.33. The molecule has 2 aliphatic rings. The van der Waals surface area contributed by atoms with E-state index in [1.807, 2.05) is 19.1 Å². The zero-order chi connectivity index (χ0) is 17.2. The van der Waals surface area contributed by atoms with E-state index in [2.05, 4.69) is 40.5 Å². The molecule has 0 amide bonds. The van der Waals surface area contributed by atoms with Gasteiger partial charge >= 0.3 is 5.97 Å². The van der Waals surface area contributed by atoms with Gasteiger partial charge in [0, 0.05) is 31.9 Å². The standard InChI is InChI=1S/C21H24N2O2/c1-2-25-21(24)19-14-23(12-16-6-3-4-9-18(16)19)13-17-8-5-7-15-10-11-22-20(15)17/h3-9,19,22H,2,10-14H2,1H3. The van der Waals surface area contributed by atoms with E-state index in [0.29, 0.717) is 13.2 Å². The van der Waals surface area contributed by atoms with Gasteiger partial charge in [0.25, 0.3) is 0 Å². The minimum atomic E-state index is -0.199. The molecule has 1 atom stereocenters. The topological polar surface area (TPSA) is 41.6 Å². The largest absolute Gasteiger partial charge is 0.465 e. The van der Waals surface area contributed by atoms with Gasteiger partial charge < -0.3 is 10.1 Å². The van der Waals surface area contributed by atoms with Crippen LogP contribution in [0.25, 0.3) is 0 Å². The summed E-state index contributed by atoms with van der Waals surface area (Å²) in [6.07, 6.45) is 1.09. The van der Waals surface area contributed by atoms with E-state index >= 15 is 0 Å². The number of anilines is 1. The van der Waals surface area contributed by atoms with Crippen molar-refractivity contribution in [2.75, 3.05) is 25.0 Å². The molecule has 25 heavy (non-hydrogen) atoms. The number of carbonyl (C=O) groups is 1. The Morgan fingerprint density at radius 2 is 2.04 bits per heavy atom. The fourth-order valence-electron chi connectivity index (χ4n) is 4.03. The Hall–Kier alpha value is -2.33. The highest BCUT2D eigenvalue weighted by Gasteiger charge is 2.31. The zero-order valence-corrected chi connectivity index (χ0v) is 14.6. The Morgan fingerprint density at radius 1 is 1.20 bits per heavy atom. The molecular weight excluding hydrogens is 312 g/mol. The lowest BCUT2D eigenvalue weighted by Crippen LogP contribution is -2.37. The first kappa shape index (κ1) is 16.2. The predicted molar refractivity (Wildman–Crippen MR) is 98.6 cm³/mol. The maximum Gasteiger partial charge on any atom is 0.314 e. The third kappa shape index (κ3) is 3.14. The molecule has 4 rings (SSSR count). The SMILES string of the molecule is CCOC(=O)C1CN(Cc2cccc3c2NCC3)Cc2ccccc21. The van der Waals surface area contributed by atoms with Crippen molar-refractivity contribution in [2.24, 2.45) is 0 Å². The number of ether oxygens (including phenoxy) is 1. The second-order valence-electron chi connectivity index (χ2n) is 6.80. The number of nitrogens with one attached hydrogen (secondary N) is 1. The molecule has 4 heteroatoms. The molecule has 0 saturated carbocycles. The summed E-state index contributed by atoms with van der Waals surface area (Å²) in [7, 11) is 0. The Bertz CT molecular complexity index is 787. The molecule has 0 saturated heterocycles. The van der Waals surface area contributed by atoms with Crippen LogP contribution in [0.1, 0.15) is 35.1 Å². The first-order chi connectivity index (χ1) is 12.3. The lowest BCUT2D eigenvalue weighted by Gasteiger charge is -2.34. The number of esters is 1. The van der Waals surface area contributed by atoms with Crippen LogP contribution in [-0.4, -0.2) is 30.6 Å². The number of para-hydroxylation sites is 1. The highest BCUT2D eigenvalue weighted by molar-refractivity contribution is 5.79. The Morgan fingerprint density at radius 3 is 2.92 bits per heavy atom. The Labute approximate surface area is 148 Å². The number of hydrogen-bond donors (Lipinski definition) is 1. The van der Waals surface area contributed by atoms with Crippen molar-refractivity contribution in [1.82, 2.24) is 4.90 Å². The average molecular weight is 336 g/mol. The van der Waals surface area contributed by atoms with Crippen molar-refractivity contribution in [3.63, 3.8) is 0 Å². The van der Waals surface area contributed by atoms with Crippen molar-refractivity contribution in [1.29, 1.82) is 0 Å². The van der Waals surface area contributed by atoms with Gasteiger partial charge in [-0.05, 0) is 35.6 Å². The van der Waals surface area contributed by atoms with Crippen LogP contribution in [0.2, 0.25) is 0 Å². The first-order valence-corrected chi connectivity index (χ1v) is 9.07. The molecule has 0 aliphatic carbocycles. The van der Waals surface area contributed by atoms with Gasteiger partial charge in [-0.1, -0.05) is 42.5 Å². The van der Waals surface area contributed by atoms with Gasteiger partial charge in [-0.3, -0.25) is 9.69 Å². The molecular formula is C21H24N2O2. The molecule has 0 fully saturated rings. The minimum absolute atomic E-state index is 0.115. The average Bonchev–Trinajstić information content (AvgIpc) is 3.11. The highest BCUT2D eigenvalue weighted by atomic mass is 16.5. The number of rotatable bonds is 4. The van der Waals surface area contributed by atoms with Crippen molar-refractivity contribution in [2.45, 2.75) is 32.4 Å². The van der Waals surface area contributed by atoms with Crippen LogP contribution in [0, 0.1) is 0 Å². The van der Waals surface area contributed by atoms with Gasteiger partial charge in [0.1, 0.15) is 0 Å². The third-order valence-corrected chi connectivity index (χ3v) is 5.16. The molecule has 2 aromatic carbocycles. The third-order valence-electron chi connectivity index (χ3n) is 5.16. The van der Waals surface area contributed by atoms with E-state index in [-0.39, 0.29) is 11.9 Å². The smallest absolute Gasteiger partial charge is 0.314 e. The van der Waals surface area contributed by atoms with Gasteiger partial charge in [0.2, 0.25) is 0 Å². The summed E-state index contributed by atoms with van der Waals surface area (Å²) in [6, 6.07) is 14.8. The fourth-order valence-corrected chi connectivity index (χ4v) is 4.03. The quantitative estimate of drug-likeness (QED) is 0.870. The van der Waals surface area contributed by atoms with Crippen LogP contribution >= 0.6 is 0 Å². The lowest BCUT2D eigenvalue weighted by molar-refractivity contribution is -0.145. The van der Waals surface area contributed by atoms with E-state index in [4.69, 9.17) is 4.74 Å². The van der Waals surface area contributed by atoms with Crippen molar-refractivity contribution in [3.8, 4) is 0 Å². The first-order valence-electron chi connectivity index (χ1n) is 9.07. The maximum atomic E-state index is 12.5. The van der Waals surface area contributed by atoms with Gasteiger partial charge in [0.05, 0.1) is 12.5 Å². The predicted octanol–water partition coefficient (Wildman–Crippen LogP) is 3.32. The number of carbonyl (C=O) groups excluding carboxylic acids is 1. The van der Waals surface area contributed by atoms with Gasteiger partial charge in [-0.15, -0.1) is 0 Å².